The van der Waals surface area contributed by atoms with Gasteiger partial charge in [-0.3, -0.25) is 0 Å². The van der Waals surface area contributed by atoms with E-state index in [-0.39, 0.29) is 9.76 Å². The van der Waals surface area contributed by atoms with E-state index in [2.05, 4.69) is 63.2 Å². The van der Waals surface area contributed by atoms with E-state index >= 15 is 0 Å². The number of unbranched alkanes of at least 4 members (excludes halogenated alkanes) is 1. The van der Waals surface area contributed by atoms with E-state index < -0.39 is 0 Å². The molecule has 0 fully saturated rings. The Morgan fingerprint density at radius 1 is 0.436 bits per heavy atom. The minimum absolute atomic E-state index is 0.385. The first-order chi connectivity index (χ1) is 19.0. The van der Waals surface area contributed by atoms with Gasteiger partial charge < -0.3 is 19.1 Å². The van der Waals surface area contributed by atoms with Crippen LogP contribution in [0.4, 0.5) is 0 Å². The van der Waals surface area contributed by atoms with Crippen LogP contribution < -0.4 is 0 Å². The molecule has 0 amide bonds. The van der Waals surface area contributed by atoms with E-state index in [1.165, 1.54) is 161 Å². The molecule has 0 rings (SSSR count). The van der Waals surface area contributed by atoms with Gasteiger partial charge in [-0.15, -0.1) is 0 Å². The molecule has 0 aliphatic rings. The van der Waals surface area contributed by atoms with Crippen molar-refractivity contribution in [2.24, 2.45) is 5.41 Å². The Kier molecular flexibility index (Phi) is 28.2. The van der Waals surface area contributed by atoms with Crippen molar-refractivity contribution in [3.63, 3.8) is 0 Å². The van der Waals surface area contributed by atoms with Crippen molar-refractivity contribution in [2.45, 2.75) is 151 Å². The molecule has 0 saturated heterocycles. The molecule has 0 bridgehead atoms. The molecule has 0 heterocycles. The monoisotopic (exact) mass is 570 g/mol. The van der Waals surface area contributed by atoms with Crippen molar-refractivity contribution in [1.82, 2.24) is 14.7 Å². The average Bonchev–Trinajstić information content (AvgIpc) is 2.91. The first-order valence-electron chi connectivity index (χ1n) is 17.8. The molecule has 0 radical (unpaired) electrons. The summed E-state index contributed by atoms with van der Waals surface area (Å²) in [5, 5.41) is 0. The molecule has 0 N–H and O–H groups in total. The van der Waals surface area contributed by atoms with Gasteiger partial charge in [-0.25, -0.2) is 0 Å². The highest BCUT2D eigenvalue weighted by molar-refractivity contribution is 6.27. The molecule has 0 aliphatic carbocycles. The molecule has 4 nitrogen and oxygen atoms in total. The van der Waals surface area contributed by atoms with Crippen LogP contribution in [0, 0.1) is 5.41 Å². The SMILES string of the molecule is CCCCO[SiH2]CCC(CCCN(CCC)CCC)(CCCN(CCC)CCC)CCCN(CCC)CCC. The van der Waals surface area contributed by atoms with Gasteiger partial charge in [-0.1, -0.05) is 54.9 Å². The van der Waals surface area contributed by atoms with E-state index in [1.54, 1.807) is 0 Å². The molecule has 0 spiro atoms. The first kappa shape index (κ1) is 39.1. The quantitative estimate of drug-likeness (QED) is 0.0616. The molecule has 0 atom stereocenters. The van der Waals surface area contributed by atoms with E-state index in [4.69, 9.17) is 4.43 Å². The van der Waals surface area contributed by atoms with Crippen molar-refractivity contribution in [1.29, 1.82) is 0 Å². The van der Waals surface area contributed by atoms with Crippen molar-refractivity contribution in [3.05, 3.63) is 0 Å². The highest BCUT2D eigenvalue weighted by atomic mass is 28.2. The molecule has 39 heavy (non-hydrogen) atoms. The summed E-state index contributed by atoms with van der Waals surface area (Å²) in [6.45, 7) is 28.8. The highest BCUT2D eigenvalue weighted by Crippen LogP contribution is 2.40. The third-order valence-electron chi connectivity index (χ3n) is 8.42. The largest absolute Gasteiger partial charge is 0.424 e. The summed E-state index contributed by atoms with van der Waals surface area (Å²) in [5.74, 6) is 0. The lowest BCUT2D eigenvalue weighted by atomic mass is 9.73. The summed E-state index contributed by atoms with van der Waals surface area (Å²) >= 11 is 0. The van der Waals surface area contributed by atoms with Gasteiger partial charge in [0.2, 0.25) is 0 Å². The summed E-state index contributed by atoms with van der Waals surface area (Å²) in [7, 11) is -0.385. The van der Waals surface area contributed by atoms with Gasteiger partial charge in [-0.2, -0.15) is 0 Å². The van der Waals surface area contributed by atoms with Crippen LogP contribution in [0.5, 0.6) is 0 Å². The zero-order valence-electron chi connectivity index (χ0n) is 28.3. The number of hydrogen-bond donors (Lipinski definition) is 0. The molecule has 0 aliphatic heterocycles. The Morgan fingerprint density at radius 3 is 1.10 bits per heavy atom. The fourth-order valence-electron chi connectivity index (χ4n) is 6.58. The second-order valence-corrected chi connectivity index (χ2v) is 13.9. The molecule has 0 unspecified atom stereocenters. The van der Waals surface area contributed by atoms with Gasteiger partial charge in [0.05, 0.1) is 0 Å². The van der Waals surface area contributed by atoms with Crippen molar-refractivity contribution >= 4 is 9.76 Å². The van der Waals surface area contributed by atoms with Gasteiger partial charge in [0.25, 0.3) is 0 Å². The minimum atomic E-state index is -0.385. The average molecular weight is 570 g/mol. The molecule has 0 aromatic rings. The lowest BCUT2D eigenvalue weighted by molar-refractivity contribution is 0.151. The lowest BCUT2D eigenvalue weighted by Crippen LogP contribution is -2.32. The van der Waals surface area contributed by atoms with E-state index in [1.807, 2.05) is 0 Å². The molecule has 0 aromatic carbocycles. The van der Waals surface area contributed by atoms with Crippen LogP contribution in [-0.2, 0) is 4.43 Å². The Morgan fingerprint density at radius 2 is 0.795 bits per heavy atom. The topological polar surface area (TPSA) is 19.0 Å². The maximum Gasteiger partial charge on any atom is 0.161 e. The smallest absolute Gasteiger partial charge is 0.161 e. The number of hydrogen-bond acceptors (Lipinski definition) is 4. The zero-order chi connectivity index (χ0) is 29.0. The lowest BCUT2D eigenvalue weighted by Gasteiger charge is -2.37. The molecule has 5 heteroatoms. The van der Waals surface area contributed by atoms with Gasteiger partial charge >= 0.3 is 0 Å². The van der Waals surface area contributed by atoms with Crippen LogP contribution in [0.1, 0.15) is 145 Å². The van der Waals surface area contributed by atoms with Crippen molar-refractivity contribution in [3.8, 4) is 0 Å². The summed E-state index contributed by atoms with van der Waals surface area (Å²) in [4.78, 5) is 8.21. The summed E-state index contributed by atoms with van der Waals surface area (Å²) in [5.41, 5.74) is 0.513. The second-order valence-electron chi connectivity index (χ2n) is 12.4. The number of rotatable bonds is 31. The van der Waals surface area contributed by atoms with Crippen molar-refractivity contribution < 1.29 is 4.43 Å². The van der Waals surface area contributed by atoms with Crippen LogP contribution in [-0.4, -0.2) is 90.0 Å². The second kappa shape index (κ2) is 28.2. The van der Waals surface area contributed by atoms with Crippen LogP contribution >= 0.6 is 0 Å². The molecular formula is C34H75N3OSi. The standard InChI is InChI=1S/C34H75N3OSi/c1-8-15-32-38-39-33-22-34(19-16-29-35(23-9-2)24-10-3,20-17-30-36(25-11-4)26-12-5)21-18-31-37(27-13-6)28-14-7/h8-33,39H2,1-7H3. The van der Waals surface area contributed by atoms with Crippen LogP contribution in [0.15, 0.2) is 0 Å². The Balaban J connectivity index is 5.49. The van der Waals surface area contributed by atoms with Crippen molar-refractivity contribution in [2.75, 3.05) is 65.5 Å². The summed E-state index contributed by atoms with van der Waals surface area (Å²) in [6, 6.07) is 1.37. The highest BCUT2D eigenvalue weighted by Gasteiger charge is 2.29. The third-order valence-corrected chi connectivity index (χ3v) is 9.64. The maximum atomic E-state index is 6.20. The molecule has 236 valence electrons. The summed E-state index contributed by atoms with van der Waals surface area (Å²) in [6.07, 6.45) is 20.0. The molecule has 0 saturated carbocycles. The van der Waals surface area contributed by atoms with Gasteiger partial charge in [0.15, 0.2) is 9.76 Å². The fraction of sp³-hybridized carbons (Fsp3) is 1.00. The normalized spacial score (nSPS) is 12.8. The van der Waals surface area contributed by atoms with E-state index in [9.17, 15) is 0 Å². The molecule has 0 aromatic heterocycles. The van der Waals surface area contributed by atoms with Crippen LogP contribution in [0.25, 0.3) is 0 Å². The van der Waals surface area contributed by atoms with Crippen LogP contribution in [0.2, 0.25) is 6.04 Å². The maximum absolute atomic E-state index is 6.20. The third kappa shape index (κ3) is 21.4. The van der Waals surface area contributed by atoms with E-state index in [0.29, 0.717) is 5.41 Å². The van der Waals surface area contributed by atoms with Gasteiger partial charge in [0.1, 0.15) is 0 Å². The fourth-order valence-corrected chi connectivity index (χ4v) is 8.09. The van der Waals surface area contributed by atoms with Gasteiger partial charge in [0, 0.05) is 6.61 Å². The molecular weight excluding hydrogens is 494 g/mol. The van der Waals surface area contributed by atoms with Gasteiger partial charge in [-0.05, 0) is 160 Å². The Labute approximate surface area is 250 Å². The minimum Gasteiger partial charge on any atom is -0.424 e. The predicted octanol–water partition coefficient (Wildman–Crippen LogP) is 8.39. The Hall–Kier alpha value is 0.0569. The first-order valence-corrected chi connectivity index (χ1v) is 19.4. The predicted molar refractivity (Wildman–Crippen MR) is 180 cm³/mol. The van der Waals surface area contributed by atoms with E-state index in [0.717, 1.165) is 6.61 Å². The zero-order valence-corrected chi connectivity index (χ0v) is 29.8. The summed E-state index contributed by atoms with van der Waals surface area (Å²) < 4.78 is 6.20. The Bertz CT molecular complexity index is 420. The van der Waals surface area contributed by atoms with Crippen LogP contribution in [0.3, 0.4) is 0 Å². The number of nitrogens with zero attached hydrogens (tertiary/aromatic N) is 3.